The average Bonchev–Trinajstić information content (AvgIpc) is 2.90. The molecule has 1 unspecified atom stereocenters. The van der Waals surface area contributed by atoms with Gasteiger partial charge in [0.25, 0.3) is 5.91 Å². The number of aliphatic hydroxyl groups is 1. The number of nitrogens with one attached hydrogen (secondary N) is 2. The molecule has 8 nitrogen and oxygen atoms in total. The van der Waals surface area contributed by atoms with Gasteiger partial charge >= 0.3 is 0 Å². The molecule has 3 aromatic heterocycles. The van der Waals surface area contributed by atoms with Gasteiger partial charge in [-0.15, -0.1) is 0 Å². The minimum Gasteiger partial charge on any atom is -0.384 e. The quantitative estimate of drug-likeness (QED) is 0.321. The second-order valence-corrected chi connectivity index (χ2v) is 9.72. The van der Waals surface area contributed by atoms with E-state index in [0.717, 1.165) is 11.1 Å². The van der Waals surface area contributed by atoms with Crippen LogP contribution in [0.2, 0.25) is 0 Å². The Morgan fingerprint density at radius 3 is 2.54 bits per heavy atom. The standard InChI is InChI=1S/C28H31FN6O2/c1-16(17(2)19-7-8-21(29)25-20(27(36)30-5)10-11-31-26(19)25)13-33-24-12-22(34-15-35-24)18-6-9-23(32-14-18)28(3,4)37/h6-12,14-17,37H,13H2,1-5H3,(H,30,36)(H,33,34,35)/t16-,17?/m1/s1. The zero-order valence-electron chi connectivity index (χ0n) is 21.6. The highest BCUT2D eigenvalue weighted by molar-refractivity contribution is 6.06. The second-order valence-electron chi connectivity index (χ2n) is 9.72. The van der Waals surface area contributed by atoms with Crippen molar-refractivity contribution in [2.75, 3.05) is 18.9 Å². The lowest BCUT2D eigenvalue weighted by Crippen LogP contribution is -2.20. The highest BCUT2D eigenvalue weighted by Crippen LogP contribution is 2.32. The summed E-state index contributed by atoms with van der Waals surface area (Å²) in [6.07, 6.45) is 4.72. The van der Waals surface area contributed by atoms with Crippen molar-refractivity contribution < 1.29 is 14.3 Å². The molecule has 4 aromatic rings. The number of pyridine rings is 2. The lowest BCUT2D eigenvalue weighted by molar-refractivity contribution is 0.0738. The van der Waals surface area contributed by atoms with Crippen LogP contribution in [-0.2, 0) is 5.60 Å². The van der Waals surface area contributed by atoms with E-state index in [1.54, 1.807) is 32.2 Å². The van der Waals surface area contributed by atoms with Crippen molar-refractivity contribution in [3.8, 4) is 11.3 Å². The summed E-state index contributed by atoms with van der Waals surface area (Å²) in [5.41, 5.74) is 2.72. The fourth-order valence-electron chi connectivity index (χ4n) is 4.21. The summed E-state index contributed by atoms with van der Waals surface area (Å²) >= 11 is 0. The van der Waals surface area contributed by atoms with Crippen molar-refractivity contribution in [1.82, 2.24) is 25.3 Å². The maximum absolute atomic E-state index is 14.8. The van der Waals surface area contributed by atoms with Gasteiger partial charge in [-0.05, 0) is 55.5 Å². The van der Waals surface area contributed by atoms with Gasteiger partial charge in [-0.1, -0.05) is 19.9 Å². The molecule has 3 N–H and O–H groups in total. The molecule has 3 heterocycles. The van der Waals surface area contributed by atoms with E-state index in [9.17, 15) is 14.3 Å². The van der Waals surface area contributed by atoms with Crippen LogP contribution >= 0.6 is 0 Å². The fraction of sp³-hybridized carbons (Fsp3) is 0.321. The lowest BCUT2D eigenvalue weighted by atomic mass is 9.86. The van der Waals surface area contributed by atoms with E-state index in [1.165, 1.54) is 31.7 Å². The van der Waals surface area contributed by atoms with Crippen molar-refractivity contribution in [3.05, 3.63) is 77.8 Å². The van der Waals surface area contributed by atoms with E-state index >= 15 is 0 Å². The molecule has 192 valence electrons. The van der Waals surface area contributed by atoms with Gasteiger partial charge in [0.15, 0.2) is 0 Å². The topological polar surface area (TPSA) is 113 Å². The zero-order valence-corrected chi connectivity index (χ0v) is 21.6. The highest BCUT2D eigenvalue weighted by Gasteiger charge is 2.22. The number of amides is 1. The van der Waals surface area contributed by atoms with Crippen molar-refractivity contribution in [3.63, 3.8) is 0 Å². The van der Waals surface area contributed by atoms with Crippen molar-refractivity contribution in [1.29, 1.82) is 0 Å². The Morgan fingerprint density at radius 1 is 1.08 bits per heavy atom. The first kappa shape index (κ1) is 26.1. The highest BCUT2D eigenvalue weighted by atomic mass is 19.1. The SMILES string of the molecule is CNC(=O)c1ccnc2c(C(C)[C@H](C)CNc3cc(-c4ccc(C(C)(C)O)nc4)ncn3)ccc(F)c12. The molecule has 0 fully saturated rings. The molecule has 0 bridgehead atoms. The molecule has 0 radical (unpaired) electrons. The zero-order chi connectivity index (χ0) is 26.7. The number of fused-ring (bicyclic) bond motifs is 1. The maximum atomic E-state index is 14.8. The number of hydrogen-bond acceptors (Lipinski definition) is 7. The Hall–Kier alpha value is -3.98. The number of aromatic nitrogens is 4. The minimum atomic E-state index is -1.01. The van der Waals surface area contributed by atoms with Crippen molar-refractivity contribution in [2.24, 2.45) is 5.92 Å². The first-order chi connectivity index (χ1) is 17.6. The first-order valence-corrected chi connectivity index (χ1v) is 12.1. The molecule has 1 aromatic carbocycles. The van der Waals surface area contributed by atoms with Crippen LogP contribution in [0.3, 0.4) is 0 Å². The number of halogens is 1. The van der Waals surface area contributed by atoms with Gasteiger partial charge in [0.2, 0.25) is 0 Å². The summed E-state index contributed by atoms with van der Waals surface area (Å²) in [7, 11) is 1.52. The van der Waals surface area contributed by atoms with Gasteiger partial charge < -0.3 is 15.7 Å². The monoisotopic (exact) mass is 502 g/mol. The molecule has 1 amide bonds. The van der Waals surface area contributed by atoms with Crippen LogP contribution in [0.15, 0.2) is 55.1 Å². The Bertz CT molecular complexity index is 1420. The molecule has 0 spiro atoms. The summed E-state index contributed by atoms with van der Waals surface area (Å²) in [4.78, 5) is 29.8. The Kier molecular flexibility index (Phi) is 7.45. The lowest BCUT2D eigenvalue weighted by Gasteiger charge is -2.22. The number of benzene rings is 1. The molecule has 0 aliphatic carbocycles. The van der Waals surface area contributed by atoms with Gasteiger partial charge in [-0.25, -0.2) is 14.4 Å². The Labute approximate surface area is 215 Å². The van der Waals surface area contributed by atoms with Crippen molar-refractivity contribution >= 4 is 22.6 Å². The summed E-state index contributed by atoms with van der Waals surface area (Å²) in [5.74, 6) is -0.00915. The van der Waals surface area contributed by atoms with Crippen LogP contribution in [0.5, 0.6) is 0 Å². The average molecular weight is 503 g/mol. The molecule has 4 rings (SSSR count). The summed E-state index contributed by atoms with van der Waals surface area (Å²) < 4.78 is 14.8. The van der Waals surface area contributed by atoms with E-state index in [0.29, 0.717) is 29.3 Å². The molecule has 0 aliphatic rings. The predicted molar refractivity (Wildman–Crippen MR) is 142 cm³/mol. The summed E-state index contributed by atoms with van der Waals surface area (Å²) in [5, 5.41) is 16.3. The van der Waals surface area contributed by atoms with Gasteiger partial charge in [0, 0.05) is 43.0 Å². The Balaban J connectivity index is 1.52. The molecule has 0 saturated carbocycles. The predicted octanol–water partition coefficient (Wildman–Crippen LogP) is 4.66. The van der Waals surface area contributed by atoms with Gasteiger partial charge in [-0.3, -0.25) is 14.8 Å². The largest absolute Gasteiger partial charge is 0.384 e. The third-order valence-electron chi connectivity index (χ3n) is 6.65. The number of hydrogen-bond donors (Lipinski definition) is 3. The molecule has 9 heteroatoms. The van der Waals surface area contributed by atoms with Gasteiger partial charge in [0.1, 0.15) is 23.6 Å². The summed E-state index contributed by atoms with van der Waals surface area (Å²) in [6.45, 7) is 8.14. The van der Waals surface area contributed by atoms with Gasteiger partial charge in [0.05, 0.1) is 22.5 Å². The van der Waals surface area contributed by atoms with E-state index in [1.807, 2.05) is 12.1 Å². The Morgan fingerprint density at radius 2 is 1.86 bits per heavy atom. The summed E-state index contributed by atoms with van der Waals surface area (Å²) in [6, 6.07) is 10.2. The third kappa shape index (κ3) is 5.56. The minimum absolute atomic E-state index is 0.0166. The number of anilines is 1. The van der Waals surface area contributed by atoms with Crippen LogP contribution in [0, 0.1) is 11.7 Å². The van der Waals surface area contributed by atoms with Crippen LogP contribution in [0.4, 0.5) is 10.2 Å². The number of carbonyl (C=O) groups is 1. The molecule has 2 atom stereocenters. The molecular formula is C28H31FN6O2. The fourth-order valence-corrected chi connectivity index (χ4v) is 4.21. The van der Waals surface area contributed by atoms with Crippen LogP contribution in [0.1, 0.15) is 55.2 Å². The molecular weight excluding hydrogens is 471 g/mol. The van der Waals surface area contributed by atoms with Crippen LogP contribution in [0.25, 0.3) is 22.2 Å². The van der Waals surface area contributed by atoms with Gasteiger partial charge in [-0.2, -0.15) is 0 Å². The smallest absolute Gasteiger partial charge is 0.251 e. The van der Waals surface area contributed by atoms with E-state index in [-0.39, 0.29) is 28.7 Å². The number of carbonyl (C=O) groups excluding carboxylic acids is 1. The molecule has 37 heavy (non-hydrogen) atoms. The first-order valence-electron chi connectivity index (χ1n) is 12.1. The third-order valence-corrected chi connectivity index (χ3v) is 6.65. The van der Waals surface area contributed by atoms with E-state index in [4.69, 9.17) is 0 Å². The van der Waals surface area contributed by atoms with Crippen LogP contribution < -0.4 is 10.6 Å². The number of rotatable bonds is 8. The van der Waals surface area contributed by atoms with E-state index in [2.05, 4.69) is 44.4 Å². The normalized spacial score (nSPS) is 13.3. The molecule has 0 saturated heterocycles. The van der Waals surface area contributed by atoms with Crippen molar-refractivity contribution in [2.45, 2.75) is 39.2 Å². The second kappa shape index (κ2) is 10.6. The molecule has 0 aliphatic heterocycles. The number of nitrogens with zero attached hydrogens (tertiary/aromatic N) is 4. The van der Waals surface area contributed by atoms with Crippen LogP contribution in [-0.4, -0.2) is 44.5 Å². The maximum Gasteiger partial charge on any atom is 0.251 e. The van der Waals surface area contributed by atoms with E-state index < -0.39 is 11.4 Å².